The van der Waals surface area contributed by atoms with Crippen LogP contribution in [0.2, 0.25) is 0 Å². The second-order valence-corrected chi connectivity index (χ2v) is 6.49. The molecule has 1 aromatic heterocycles. The maximum atomic E-state index is 13.2. The highest BCUT2D eigenvalue weighted by Gasteiger charge is 2.18. The summed E-state index contributed by atoms with van der Waals surface area (Å²) < 4.78 is 29.4. The van der Waals surface area contributed by atoms with Crippen molar-refractivity contribution >= 4 is 11.7 Å². The number of halogens is 1. The van der Waals surface area contributed by atoms with E-state index in [1.807, 2.05) is 19.1 Å². The number of methoxy groups -OCH3 is 2. The number of hydrogen-bond donors (Lipinski definition) is 1. The summed E-state index contributed by atoms with van der Waals surface area (Å²) in [5, 5.41) is 2.86. The number of carbonyl (C=O) groups is 1. The van der Waals surface area contributed by atoms with Gasteiger partial charge in [0.05, 0.1) is 26.5 Å². The van der Waals surface area contributed by atoms with Crippen LogP contribution >= 0.6 is 0 Å². The van der Waals surface area contributed by atoms with Crippen LogP contribution in [0.25, 0.3) is 0 Å². The van der Waals surface area contributed by atoms with E-state index in [2.05, 4.69) is 5.32 Å². The summed E-state index contributed by atoms with van der Waals surface area (Å²) in [5.74, 6) is 2.19. The van der Waals surface area contributed by atoms with Crippen molar-refractivity contribution in [1.29, 1.82) is 0 Å². The number of ether oxygens (including phenoxy) is 2. The van der Waals surface area contributed by atoms with E-state index in [4.69, 9.17) is 13.9 Å². The highest BCUT2D eigenvalue weighted by Crippen LogP contribution is 2.29. The van der Waals surface area contributed by atoms with E-state index in [0.717, 1.165) is 11.3 Å². The van der Waals surface area contributed by atoms with E-state index in [1.54, 1.807) is 42.3 Å². The number of urea groups is 1. The Balaban J connectivity index is 1.82. The summed E-state index contributed by atoms with van der Waals surface area (Å²) in [5.41, 5.74) is 1.31. The maximum Gasteiger partial charge on any atom is 0.322 e. The van der Waals surface area contributed by atoms with E-state index < -0.39 is 0 Å². The molecular formula is C22H23FN2O4. The van der Waals surface area contributed by atoms with Gasteiger partial charge in [-0.15, -0.1) is 0 Å². The van der Waals surface area contributed by atoms with Crippen molar-refractivity contribution in [3.63, 3.8) is 0 Å². The number of amides is 2. The fraction of sp³-hybridized carbons (Fsp3) is 0.227. The molecule has 0 atom stereocenters. The predicted octanol–water partition coefficient (Wildman–Crippen LogP) is 4.98. The first kappa shape index (κ1) is 20.3. The zero-order valence-corrected chi connectivity index (χ0v) is 16.6. The molecule has 7 heteroatoms. The molecule has 6 nitrogen and oxygen atoms in total. The lowest BCUT2D eigenvalue weighted by molar-refractivity contribution is 0.200. The molecule has 0 fully saturated rings. The minimum Gasteiger partial charge on any atom is -0.497 e. The minimum atomic E-state index is -0.341. The van der Waals surface area contributed by atoms with E-state index in [-0.39, 0.29) is 24.9 Å². The van der Waals surface area contributed by atoms with Gasteiger partial charge in [-0.25, -0.2) is 9.18 Å². The molecule has 0 saturated heterocycles. The van der Waals surface area contributed by atoms with Gasteiger partial charge in [0, 0.05) is 12.6 Å². The minimum absolute atomic E-state index is 0.259. The molecule has 0 aliphatic carbocycles. The first-order chi connectivity index (χ1) is 14.0. The third-order valence-electron chi connectivity index (χ3n) is 4.37. The predicted molar refractivity (Wildman–Crippen MR) is 108 cm³/mol. The number of anilines is 1. The van der Waals surface area contributed by atoms with Crippen LogP contribution in [-0.4, -0.2) is 25.2 Å². The van der Waals surface area contributed by atoms with Crippen molar-refractivity contribution < 1.29 is 23.1 Å². The van der Waals surface area contributed by atoms with Gasteiger partial charge in [0.2, 0.25) is 0 Å². The number of aryl methyl sites for hydroxylation is 1. The third-order valence-corrected chi connectivity index (χ3v) is 4.37. The Hall–Kier alpha value is -3.48. The van der Waals surface area contributed by atoms with Crippen molar-refractivity contribution in [3.8, 4) is 11.5 Å². The Morgan fingerprint density at radius 2 is 1.79 bits per heavy atom. The summed E-state index contributed by atoms with van der Waals surface area (Å²) >= 11 is 0. The number of hydrogen-bond acceptors (Lipinski definition) is 4. The molecule has 1 heterocycles. The molecule has 0 bridgehead atoms. The summed E-state index contributed by atoms with van der Waals surface area (Å²) in [6.45, 7) is 2.38. The maximum absolute atomic E-state index is 13.2. The lowest BCUT2D eigenvalue weighted by Gasteiger charge is -2.23. The molecule has 0 aliphatic heterocycles. The molecule has 29 heavy (non-hydrogen) atoms. The van der Waals surface area contributed by atoms with Crippen molar-refractivity contribution in [2.75, 3.05) is 19.5 Å². The van der Waals surface area contributed by atoms with Crippen molar-refractivity contribution in [1.82, 2.24) is 4.90 Å². The SMILES string of the molecule is COc1ccc(NC(=O)N(Cc2ccc(F)cc2)Cc2ccc(C)o2)c(OC)c1. The van der Waals surface area contributed by atoms with E-state index in [0.29, 0.717) is 22.9 Å². The van der Waals surface area contributed by atoms with Gasteiger partial charge >= 0.3 is 6.03 Å². The molecule has 2 amide bonds. The van der Waals surface area contributed by atoms with Crippen molar-refractivity contribution in [2.45, 2.75) is 20.0 Å². The summed E-state index contributed by atoms with van der Waals surface area (Å²) in [6.07, 6.45) is 0. The molecule has 152 valence electrons. The second-order valence-electron chi connectivity index (χ2n) is 6.49. The highest BCUT2D eigenvalue weighted by molar-refractivity contribution is 5.91. The molecule has 0 unspecified atom stereocenters. The van der Waals surface area contributed by atoms with Gasteiger partial charge in [-0.2, -0.15) is 0 Å². The smallest absolute Gasteiger partial charge is 0.322 e. The Labute approximate surface area is 168 Å². The number of rotatable bonds is 7. The molecule has 3 aromatic rings. The van der Waals surface area contributed by atoms with Crippen LogP contribution in [0.15, 0.2) is 59.0 Å². The average molecular weight is 398 g/mol. The van der Waals surface area contributed by atoms with Crippen LogP contribution in [0.1, 0.15) is 17.1 Å². The number of nitrogens with zero attached hydrogens (tertiary/aromatic N) is 1. The van der Waals surface area contributed by atoms with Crippen LogP contribution in [0.3, 0.4) is 0 Å². The Morgan fingerprint density at radius 1 is 1.03 bits per heavy atom. The van der Waals surface area contributed by atoms with E-state index in [1.165, 1.54) is 19.2 Å². The van der Waals surface area contributed by atoms with Gasteiger partial charge in [-0.1, -0.05) is 12.1 Å². The Bertz CT molecular complexity index is 969. The van der Waals surface area contributed by atoms with Crippen molar-refractivity contribution in [3.05, 3.63) is 77.5 Å². The molecular weight excluding hydrogens is 375 g/mol. The zero-order valence-electron chi connectivity index (χ0n) is 16.6. The van der Waals surface area contributed by atoms with Gasteiger partial charge in [0.15, 0.2) is 0 Å². The number of nitrogens with one attached hydrogen (secondary N) is 1. The fourth-order valence-electron chi connectivity index (χ4n) is 2.86. The first-order valence-electron chi connectivity index (χ1n) is 9.06. The summed E-state index contributed by atoms with van der Waals surface area (Å²) in [7, 11) is 3.08. The summed E-state index contributed by atoms with van der Waals surface area (Å²) in [4.78, 5) is 14.6. The topological polar surface area (TPSA) is 63.9 Å². The largest absolute Gasteiger partial charge is 0.497 e. The molecule has 0 aliphatic rings. The molecule has 0 spiro atoms. The Morgan fingerprint density at radius 3 is 2.41 bits per heavy atom. The van der Waals surface area contributed by atoms with Gasteiger partial charge in [0.1, 0.15) is 28.8 Å². The monoisotopic (exact) mass is 398 g/mol. The van der Waals surface area contributed by atoms with Gasteiger partial charge in [-0.05, 0) is 48.9 Å². The lowest BCUT2D eigenvalue weighted by atomic mass is 10.2. The lowest BCUT2D eigenvalue weighted by Crippen LogP contribution is -2.34. The van der Waals surface area contributed by atoms with E-state index in [9.17, 15) is 9.18 Å². The van der Waals surface area contributed by atoms with E-state index >= 15 is 0 Å². The van der Waals surface area contributed by atoms with Crippen LogP contribution in [0.5, 0.6) is 11.5 Å². The molecule has 1 N–H and O–H groups in total. The van der Waals surface area contributed by atoms with Crippen molar-refractivity contribution in [2.24, 2.45) is 0 Å². The standard InChI is InChI=1S/C22H23FN2O4/c1-15-4-9-19(29-15)14-25(13-16-5-7-17(23)8-6-16)22(26)24-20-11-10-18(27-2)12-21(20)28-3/h4-12H,13-14H2,1-3H3,(H,24,26). The number of furan rings is 1. The van der Waals surface area contributed by atoms with Crippen LogP contribution < -0.4 is 14.8 Å². The highest BCUT2D eigenvalue weighted by atomic mass is 19.1. The molecule has 2 aromatic carbocycles. The number of carbonyl (C=O) groups excluding carboxylic acids is 1. The number of benzene rings is 2. The second kappa shape index (κ2) is 9.14. The zero-order chi connectivity index (χ0) is 20.8. The van der Waals surface area contributed by atoms with Crippen LogP contribution in [0.4, 0.5) is 14.9 Å². The van der Waals surface area contributed by atoms with Crippen LogP contribution in [-0.2, 0) is 13.1 Å². The summed E-state index contributed by atoms with van der Waals surface area (Å²) in [6, 6.07) is 14.5. The normalized spacial score (nSPS) is 10.5. The van der Waals surface area contributed by atoms with Crippen LogP contribution in [0, 0.1) is 12.7 Å². The molecule has 3 rings (SSSR count). The third kappa shape index (κ3) is 5.28. The molecule has 0 saturated carbocycles. The quantitative estimate of drug-likeness (QED) is 0.610. The van der Waals surface area contributed by atoms with Gasteiger partial charge in [-0.3, -0.25) is 0 Å². The Kier molecular flexibility index (Phi) is 6.39. The van der Waals surface area contributed by atoms with Gasteiger partial charge < -0.3 is 24.1 Å². The molecule has 0 radical (unpaired) electrons. The van der Waals surface area contributed by atoms with Gasteiger partial charge in [0.25, 0.3) is 0 Å². The first-order valence-corrected chi connectivity index (χ1v) is 9.06. The average Bonchev–Trinajstić information content (AvgIpc) is 3.14. The fourth-order valence-corrected chi connectivity index (χ4v) is 2.86.